The first kappa shape index (κ1) is 26.1. The fourth-order valence-corrected chi connectivity index (χ4v) is 3.76. The maximum absolute atomic E-state index is 12.8. The quantitative estimate of drug-likeness (QED) is 0.744. The number of rotatable bonds is 4. The van der Waals surface area contributed by atoms with Gasteiger partial charge in [0.2, 0.25) is 5.91 Å². The van der Waals surface area contributed by atoms with Crippen LogP contribution in [0.5, 0.6) is 0 Å². The lowest BCUT2D eigenvalue weighted by Crippen LogP contribution is -2.47. The number of aliphatic carboxylic acids is 1. The molecule has 1 N–H and O–H groups in total. The maximum atomic E-state index is 12.8. The number of hydrogen-bond donors (Lipinski definition) is 1. The smallest absolute Gasteiger partial charge is 0.475 e. The molecular formula is C22H31F3N2O5. The second-order valence-electron chi connectivity index (χ2n) is 8.56. The Bertz CT molecular complexity index is 770. The topological polar surface area (TPSA) is 79.3 Å². The second-order valence-corrected chi connectivity index (χ2v) is 8.56. The molecule has 2 fully saturated rings. The highest BCUT2D eigenvalue weighted by atomic mass is 19.4. The molecule has 0 bridgehead atoms. The van der Waals surface area contributed by atoms with Gasteiger partial charge in [-0.05, 0) is 39.4 Å². The third-order valence-electron chi connectivity index (χ3n) is 5.33. The summed E-state index contributed by atoms with van der Waals surface area (Å²) in [5, 5.41) is 7.12. The number of benzene rings is 1. The van der Waals surface area contributed by atoms with E-state index < -0.39 is 12.1 Å². The molecule has 2 aliphatic heterocycles. The summed E-state index contributed by atoms with van der Waals surface area (Å²) in [7, 11) is 4.13. The molecule has 1 spiro atoms. The van der Waals surface area contributed by atoms with Crippen LogP contribution in [0, 0.1) is 6.92 Å². The van der Waals surface area contributed by atoms with Crippen LogP contribution >= 0.6 is 0 Å². The molecule has 32 heavy (non-hydrogen) atoms. The Kier molecular flexibility index (Phi) is 9.06. The van der Waals surface area contributed by atoms with Gasteiger partial charge in [0, 0.05) is 13.1 Å². The zero-order valence-electron chi connectivity index (χ0n) is 18.7. The molecule has 0 radical (unpaired) electrons. The number of ether oxygens (including phenoxy) is 2. The van der Waals surface area contributed by atoms with Crippen molar-refractivity contribution in [3.63, 3.8) is 0 Å². The van der Waals surface area contributed by atoms with Crippen LogP contribution in [0.3, 0.4) is 0 Å². The van der Waals surface area contributed by atoms with Crippen molar-refractivity contribution in [2.24, 2.45) is 0 Å². The van der Waals surface area contributed by atoms with Crippen LogP contribution < -0.4 is 0 Å². The van der Waals surface area contributed by atoms with Crippen molar-refractivity contribution in [3.05, 3.63) is 35.4 Å². The maximum Gasteiger partial charge on any atom is 0.490 e. The van der Waals surface area contributed by atoms with Gasteiger partial charge in [0.1, 0.15) is 5.60 Å². The molecule has 1 amide bonds. The van der Waals surface area contributed by atoms with E-state index in [1.807, 2.05) is 17.0 Å². The van der Waals surface area contributed by atoms with Gasteiger partial charge in [-0.15, -0.1) is 0 Å². The average Bonchev–Trinajstić information content (AvgIpc) is 2.94. The van der Waals surface area contributed by atoms with E-state index in [1.165, 1.54) is 5.56 Å². The monoisotopic (exact) mass is 460 g/mol. The van der Waals surface area contributed by atoms with Crippen molar-refractivity contribution < 1.29 is 37.3 Å². The molecule has 2 saturated heterocycles. The van der Waals surface area contributed by atoms with E-state index >= 15 is 0 Å². The molecule has 2 unspecified atom stereocenters. The Morgan fingerprint density at radius 1 is 1.25 bits per heavy atom. The molecular weight excluding hydrogens is 429 g/mol. The van der Waals surface area contributed by atoms with E-state index in [9.17, 15) is 18.0 Å². The van der Waals surface area contributed by atoms with Crippen molar-refractivity contribution >= 4 is 11.9 Å². The number of halogens is 3. The summed E-state index contributed by atoms with van der Waals surface area (Å²) < 4.78 is 43.9. The van der Waals surface area contributed by atoms with Crippen molar-refractivity contribution in [1.82, 2.24) is 9.80 Å². The summed E-state index contributed by atoms with van der Waals surface area (Å²) in [6, 6.07) is 8.19. The normalized spacial score (nSPS) is 23.6. The highest BCUT2D eigenvalue weighted by Crippen LogP contribution is 2.33. The van der Waals surface area contributed by atoms with Gasteiger partial charge in [-0.3, -0.25) is 4.79 Å². The minimum absolute atomic E-state index is 0.161. The van der Waals surface area contributed by atoms with E-state index in [0.717, 1.165) is 24.9 Å². The summed E-state index contributed by atoms with van der Waals surface area (Å²) in [6.45, 7) is 5.44. The van der Waals surface area contributed by atoms with Crippen molar-refractivity contribution in [1.29, 1.82) is 0 Å². The van der Waals surface area contributed by atoms with Gasteiger partial charge in [0.15, 0.2) is 0 Å². The second kappa shape index (κ2) is 11.1. The highest BCUT2D eigenvalue weighted by Gasteiger charge is 2.44. The van der Waals surface area contributed by atoms with Crippen LogP contribution in [0.15, 0.2) is 24.3 Å². The van der Waals surface area contributed by atoms with E-state index in [4.69, 9.17) is 19.4 Å². The van der Waals surface area contributed by atoms with Crippen LogP contribution in [-0.4, -0.2) is 91.6 Å². The van der Waals surface area contributed by atoms with E-state index in [0.29, 0.717) is 32.7 Å². The third kappa shape index (κ3) is 8.07. The largest absolute Gasteiger partial charge is 0.490 e. The summed E-state index contributed by atoms with van der Waals surface area (Å²) in [6.07, 6.45) is -2.43. The Balaban J connectivity index is 0.000000451. The summed E-state index contributed by atoms with van der Waals surface area (Å²) in [4.78, 5) is 25.8. The molecule has 10 heteroatoms. The van der Waals surface area contributed by atoms with Gasteiger partial charge in [-0.1, -0.05) is 29.8 Å². The van der Waals surface area contributed by atoms with Crippen LogP contribution in [0.2, 0.25) is 0 Å². The number of carboxylic acids is 1. The van der Waals surface area contributed by atoms with Gasteiger partial charge in [-0.25, -0.2) is 4.79 Å². The number of likely N-dealkylation sites (N-methyl/N-ethyl adjacent to an activating group) is 1. The predicted molar refractivity (Wildman–Crippen MR) is 111 cm³/mol. The summed E-state index contributed by atoms with van der Waals surface area (Å²) >= 11 is 0. The first-order valence-electron chi connectivity index (χ1n) is 10.4. The van der Waals surface area contributed by atoms with Crippen LogP contribution in [0.1, 0.15) is 24.0 Å². The number of carbonyl (C=O) groups excluding carboxylic acids is 1. The number of carboxylic acid groups (broad SMARTS) is 1. The minimum atomic E-state index is -5.08. The molecule has 1 aromatic carbocycles. The molecule has 1 aromatic rings. The molecule has 180 valence electrons. The van der Waals surface area contributed by atoms with Crippen molar-refractivity contribution in [3.8, 4) is 0 Å². The lowest BCUT2D eigenvalue weighted by atomic mass is 9.99. The lowest BCUT2D eigenvalue weighted by molar-refractivity contribution is -0.192. The Morgan fingerprint density at radius 2 is 1.88 bits per heavy atom. The Hall–Kier alpha value is -2.17. The van der Waals surface area contributed by atoms with Gasteiger partial charge in [-0.2, -0.15) is 13.2 Å². The molecule has 7 nitrogen and oxygen atoms in total. The predicted octanol–water partition coefficient (Wildman–Crippen LogP) is 2.51. The molecule has 0 aromatic heterocycles. The van der Waals surface area contributed by atoms with Crippen molar-refractivity contribution in [2.75, 3.05) is 46.9 Å². The molecule has 2 heterocycles. The van der Waals surface area contributed by atoms with Gasteiger partial charge < -0.3 is 24.4 Å². The van der Waals surface area contributed by atoms with Crippen molar-refractivity contribution in [2.45, 2.75) is 44.1 Å². The zero-order valence-corrected chi connectivity index (χ0v) is 18.7. The fraction of sp³-hybridized carbons (Fsp3) is 0.636. The third-order valence-corrected chi connectivity index (χ3v) is 5.33. The number of alkyl halides is 3. The van der Waals surface area contributed by atoms with Gasteiger partial charge >= 0.3 is 12.1 Å². The zero-order chi connectivity index (χ0) is 23.9. The minimum Gasteiger partial charge on any atom is -0.475 e. The first-order chi connectivity index (χ1) is 14.9. The Morgan fingerprint density at radius 3 is 2.44 bits per heavy atom. The molecule has 2 aliphatic rings. The van der Waals surface area contributed by atoms with Crippen LogP contribution in [0.25, 0.3) is 0 Å². The highest BCUT2D eigenvalue weighted by molar-refractivity contribution is 5.79. The van der Waals surface area contributed by atoms with Crippen LogP contribution in [0.4, 0.5) is 13.2 Å². The molecule has 0 saturated carbocycles. The SMILES string of the molecule is Cc1ccc(CC(=O)N2CCOCC3(CCC(CN(C)C)O3)C2)cc1.O=C(O)C(F)(F)F. The first-order valence-corrected chi connectivity index (χ1v) is 10.4. The number of carbonyl (C=O) groups is 2. The van der Waals surface area contributed by atoms with E-state index in [-0.39, 0.29) is 17.6 Å². The van der Waals surface area contributed by atoms with E-state index in [1.54, 1.807) is 0 Å². The molecule has 2 atom stereocenters. The standard InChI is InChI=1S/C20H30N2O3.C2HF3O2/c1-16-4-6-17(7-5-16)12-19(23)22-10-11-24-15-20(14-22)9-8-18(25-20)13-21(2)3;3-2(4,5)1(6)7/h4-7,18H,8-15H2,1-3H3;(H,6,7). The number of nitrogens with zero attached hydrogens (tertiary/aromatic N) is 2. The van der Waals surface area contributed by atoms with Crippen LogP contribution in [-0.2, 0) is 25.5 Å². The number of aryl methyl sites for hydroxylation is 1. The number of amides is 1. The molecule has 0 aliphatic carbocycles. The van der Waals surface area contributed by atoms with Gasteiger partial charge in [0.25, 0.3) is 0 Å². The summed E-state index contributed by atoms with van der Waals surface area (Å²) in [5.41, 5.74) is 1.94. The van der Waals surface area contributed by atoms with Gasteiger partial charge in [0.05, 0.1) is 32.3 Å². The Labute approximate surface area is 186 Å². The average molecular weight is 460 g/mol. The van der Waals surface area contributed by atoms with E-state index in [2.05, 4.69) is 38.1 Å². The number of hydrogen-bond acceptors (Lipinski definition) is 5. The summed E-state index contributed by atoms with van der Waals surface area (Å²) in [5.74, 6) is -2.60. The lowest BCUT2D eigenvalue weighted by Gasteiger charge is -2.32. The molecule has 3 rings (SSSR count). The fourth-order valence-electron chi connectivity index (χ4n) is 3.76.